The number of carbonyl (C=O) groups is 1. The van der Waals surface area contributed by atoms with Gasteiger partial charge in [-0.3, -0.25) is 4.79 Å². The van der Waals surface area contributed by atoms with Gasteiger partial charge in [-0.1, -0.05) is 0 Å². The van der Waals surface area contributed by atoms with Crippen molar-refractivity contribution in [3.63, 3.8) is 0 Å². The Kier molecular flexibility index (Phi) is 3.40. The average molecular weight is 181 g/mol. The lowest BCUT2D eigenvalue weighted by atomic mass is 10.2. The Morgan fingerprint density at radius 2 is 2.31 bits per heavy atom. The molecule has 0 aliphatic heterocycles. The van der Waals surface area contributed by atoms with Gasteiger partial charge < -0.3 is 9.47 Å². The molecule has 0 aromatic carbocycles. The fourth-order valence-electron chi connectivity index (χ4n) is 0.975. The van der Waals surface area contributed by atoms with Crippen LogP contribution in [0.5, 0.6) is 5.88 Å². The lowest BCUT2D eigenvalue weighted by Crippen LogP contribution is -2.09. The first-order valence-electron chi connectivity index (χ1n) is 3.80. The predicted molar refractivity (Wildman–Crippen MR) is 47.0 cm³/mol. The molecule has 1 aromatic heterocycles. The Hall–Kier alpha value is -1.42. The number of nitrogens with zero attached hydrogens (tertiary/aromatic N) is 1. The Morgan fingerprint density at radius 3 is 2.92 bits per heavy atom. The highest BCUT2D eigenvalue weighted by Crippen LogP contribution is 2.13. The van der Waals surface area contributed by atoms with Crippen LogP contribution in [-0.4, -0.2) is 31.6 Å². The second-order valence-corrected chi connectivity index (χ2v) is 2.42. The molecule has 0 amide bonds. The minimum Gasteiger partial charge on any atom is -0.480 e. The zero-order valence-electron chi connectivity index (χ0n) is 7.61. The van der Waals surface area contributed by atoms with Gasteiger partial charge in [0.2, 0.25) is 5.88 Å². The van der Waals surface area contributed by atoms with Gasteiger partial charge in [0.1, 0.15) is 6.61 Å². The van der Waals surface area contributed by atoms with E-state index in [1.54, 1.807) is 18.3 Å². The summed E-state index contributed by atoms with van der Waals surface area (Å²) in [6.07, 6.45) is 1.57. The zero-order chi connectivity index (χ0) is 9.68. The van der Waals surface area contributed by atoms with Crippen LogP contribution in [-0.2, 0) is 4.74 Å². The summed E-state index contributed by atoms with van der Waals surface area (Å²) >= 11 is 0. The van der Waals surface area contributed by atoms with Gasteiger partial charge in [0.05, 0.1) is 12.7 Å². The Morgan fingerprint density at radius 1 is 1.54 bits per heavy atom. The number of carbonyl (C=O) groups excluding carboxylic acids is 1. The average Bonchev–Trinajstić information content (AvgIpc) is 2.18. The van der Waals surface area contributed by atoms with Crippen molar-refractivity contribution in [1.82, 2.24) is 4.98 Å². The second kappa shape index (κ2) is 4.57. The van der Waals surface area contributed by atoms with Crippen LogP contribution < -0.4 is 4.74 Å². The van der Waals surface area contributed by atoms with Crippen molar-refractivity contribution in [3.8, 4) is 5.88 Å². The maximum Gasteiger partial charge on any atom is 0.224 e. The normalized spacial score (nSPS) is 9.69. The molecule has 0 atom stereocenters. The van der Waals surface area contributed by atoms with Crippen molar-refractivity contribution in [3.05, 3.63) is 23.9 Å². The van der Waals surface area contributed by atoms with Gasteiger partial charge in [-0.05, 0) is 12.1 Å². The van der Waals surface area contributed by atoms with Crippen molar-refractivity contribution < 1.29 is 14.3 Å². The number of methoxy groups -OCH3 is 2. The van der Waals surface area contributed by atoms with Crippen LogP contribution in [0.1, 0.15) is 10.4 Å². The van der Waals surface area contributed by atoms with Crippen molar-refractivity contribution >= 4 is 5.78 Å². The SMILES string of the molecule is COCC(=O)c1cccnc1OC. The molecular weight excluding hydrogens is 170 g/mol. The van der Waals surface area contributed by atoms with Crippen LogP contribution in [0.2, 0.25) is 0 Å². The van der Waals surface area contributed by atoms with E-state index in [-0.39, 0.29) is 12.4 Å². The summed E-state index contributed by atoms with van der Waals surface area (Å²) in [4.78, 5) is 15.3. The van der Waals surface area contributed by atoms with E-state index >= 15 is 0 Å². The monoisotopic (exact) mass is 181 g/mol. The Balaban J connectivity index is 2.92. The van der Waals surface area contributed by atoms with Gasteiger partial charge >= 0.3 is 0 Å². The molecule has 13 heavy (non-hydrogen) atoms. The van der Waals surface area contributed by atoms with Crippen molar-refractivity contribution in [2.24, 2.45) is 0 Å². The molecule has 0 radical (unpaired) electrons. The smallest absolute Gasteiger partial charge is 0.224 e. The molecule has 0 bridgehead atoms. The Labute approximate surface area is 76.5 Å². The minimum atomic E-state index is -0.132. The zero-order valence-corrected chi connectivity index (χ0v) is 7.61. The first kappa shape index (κ1) is 9.67. The van der Waals surface area contributed by atoms with Crippen LogP contribution in [0.4, 0.5) is 0 Å². The number of ketones is 1. The van der Waals surface area contributed by atoms with Gasteiger partial charge in [0.25, 0.3) is 0 Å². The van der Waals surface area contributed by atoms with E-state index in [0.29, 0.717) is 11.4 Å². The van der Waals surface area contributed by atoms with E-state index in [0.717, 1.165) is 0 Å². The standard InChI is InChI=1S/C9H11NO3/c1-12-6-8(11)7-4-3-5-10-9(7)13-2/h3-5H,6H2,1-2H3. The van der Waals surface area contributed by atoms with Crippen LogP contribution in [0.3, 0.4) is 0 Å². The fraction of sp³-hybridized carbons (Fsp3) is 0.333. The van der Waals surface area contributed by atoms with E-state index in [1.807, 2.05) is 0 Å². The summed E-state index contributed by atoms with van der Waals surface area (Å²) in [5.41, 5.74) is 0.451. The maximum absolute atomic E-state index is 11.4. The molecule has 0 N–H and O–H groups in total. The molecule has 0 saturated carbocycles. The molecule has 1 rings (SSSR count). The molecule has 0 aliphatic carbocycles. The molecule has 4 nitrogen and oxygen atoms in total. The molecule has 1 heterocycles. The van der Waals surface area contributed by atoms with Crippen LogP contribution in [0, 0.1) is 0 Å². The first-order chi connectivity index (χ1) is 6.29. The van der Waals surface area contributed by atoms with E-state index < -0.39 is 0 Å². The quantitative estimate of drug-likeness (QED) is 0.648. The molecule has 0 fully saturated rings. The summed E-state index contributed by atoms with van der Waals surface area (Å²) in [7, 11) is 2.95. The first-order valence-corrected chi connectivity index (χ1v) is 3.80. The van der Waals surface area contributed by atoms with E-state index in [9.17, 15) is 4.79 Å². The van der Waals surface area contributed by atoms with Gasteiger partial charge in [-0.25, -0.2) is 4.98 Å². The fourth-order valence-corrected chi connectivity index (χ4v) is 0.975. The molecule has 1 aromatic rings. The van der Waals surface area contributed by atoms with Crippen LogP contribution in [0.25, 0.3) is 0 Å². The topological polar surface area (TPSA) is 48.4 Å². The lowest BCUT2D eigenvalue weighted by Gasteiger charge is -2.04. The number of hydrogen-bond donors (Lipinski definition) is 0. The van der Waals surface area contributed by atoms with E-state index in [2.05, 4.69) is 4.98 Å². The Bertz CT molecular complexity index is 299. The summed E-state index contributed by atoms with van der Waals surface area (Å²) in [5.74, 6) is 0.206. The molecule has 0 unspecified atom stereocenters. The van der Waals surface area contributed by atoms with Gasteiger partial charge in [0, 0.05) is 13.3 Å². The van der Waals surface area contributed by atoms with E-state index in [4.69, 9.17) is 9.47 Å². The van der Waals surface area contributed by atoms with Crippen LogP contribution >= 0.6 is 0 Å². The minimum absolute atomic E-state index is 0.0437. The molecule has 0 saturated heterocycles. The van der Waals surface area contributed by atoms with Crippen molar-refractivity contribution in [1.29, 1.82) is 0 Å². The highest BCUT2D eigenvalue weighted by atomic mass is 16.5. The number of Topliss-reactive ketones (excluding diaryl/α,β-unsaturated/α-hetero) is 1. The lowest BCUT2D eigenvalue weighted by molar-refractivity contribution is 0.0844. The highest BCUT2D eigenvalue weighted by Gasteiger charge is 2.11. The summed E-state index contributed by atoms with van der Waals surface area (Å²) in [6.45, 7) is 0.0437. The number of hydrogen-bond acceptors (Lipinski definition) is 4. The number of pyridine rings is 1. The number of ether oxygens (including phenoxy) is 2. The maximum atomic E-state index is 11.4. The third kappa shape index (κ3) is 2.26. The summed E-state index contributed by atoms with van der Waals surface area (Å²) in [5, 5.41) is 0. The van der Waals surface area contributed by atoms with Crippen molar-refractivity contribution in [2.45, 2.75) is 0 Å². The van der Waals surface area contributed by atoms with E-state index in [1.165, 1.54) is 14.2 Å². The molecular formula is C9H11NO3. The predicted octanol–water partition coefficient (Wildman–Crippen LogP) is 0.919. The highest BCUT2D eigenvalue weighted by molar-refractivity contribution is 5.99. The summed E-state index contributed by atoms with van der Waals surface area (Å²) in [6, 6.07) is 3.35. The molecule has 0 spiro atoms. The number of rotatable bonds is 4. The largest absolute Gasteiger partial charge is 0.480 e. The summed E-state index contributed by atoms with van der Waals surface area (Å²) < 4.78 is 9.65. The molecule has 70 valence electrons. The van der Waals surface area contributed by atoms with Crippen LogP contribution in [0.15, 0.2) is 18.3 Å². The van der Waals surface area contributed by atoms with Gasteiger partial charge in [-0.15, -0.1) is 0 Å². The second-order valence-electron chi connectivity index (χ2n) is 2.42. The third-order valence-corrected chi connectivity index (χ3v) is 1.54. The third-order valence-electron chi connectivity index (χ3n) is 1.54. The molecule has 4 heteroatoms. The number of aromatic nitrogens is 1. The molecule has 0 aliphatic rings. The van der Waals surface area contributed by atoms with Crippen molar-refractivity contribution in [2.75, 3.05) is 20.8 Å². The van der Waals surface area contributed by atoms with Gasteiger partial charge in [-0.2, -0.15) is 0 Å². The van der Waals surface area contributed by atoms with Gasteiger partial charge in [0.15, 0.2) is 5.78 Å².